The van der Waals surface area contributed by atoms with Crippen LogP contribution in [-0.4, -0.2) is 44.8 Å². The van der Waals surface area contributed by atoms with E-state index in [0.29, 0.717) is 21.7 Å². The molecule has 2 aromatic rings. The Morgan fingerprint density at radius 3 is 2.25 bits per heavy atom. The van der Waals surface area contributed by atoms with Crippen molar-refractivity contribution in [2.75, 3.05) is 0 Å². The first-order valence-electron chi connectivity index (χ1n) is 9.74. The molecule has 166 valence electrons. The highest BCUT2D eigenvalue weighted by molar-refractivity contribution is 6.08. The largest absolute Gasteiger partial charge is 0.481 e. The van der Waals surface area contributed by atoms with E-state index in [1.165, 1.54) is 6.92 Å². The second-order valence-electron chi connectivity index (χ2n) is 7.55. The van der Waals surface area contributed by atoms with Gasteiger partial charge in [0.05, 0.1) is 12.5 Å². The van der Waals surface area contributed by atoms with Crippen molar-refractivity contribution in [2.45, 2.75) is 31.8 Å². The molecular formula is C22H23N5O5. The zero-order chi connectivity index (χ0) is 23.6. The number of nitrogens with zero attached hydrogens (tertiary/aromatic N) is 2. The second kappa shape index (κ2) is 8.50. The van der Waals surface area contributed by atoms with Crippen LogP contribution in [0.25, 0.3) is 0 Å². The lowest BCUT2D eigenvalue weighted by atomic mass is 9.91. The van der Waals surface area contributed by atoms with Gasteiger partial charge in [0.25, 0.3) is 5.91 Å². The molecule has 1 aliphatic rings. The molecule has 0 unspecified atom stereocenters. The Labute approximate surface area is 184 Å². The number of benzene rings is 2. The summed E-state index contributed by atoms with van der Waals surface area (Å²) in [6.45, 7) is 2.65. The highest BCUT2D eigenvalue weighted by Gasteiger charge is 2.53. The molecule has 0 aromatic heterocycles. The Morgan fingerprint density at radius 1 is 1.16 bits per heavy atom. The summed E-state index contributed by atoms with van der Waals surface area (Å²) in [5, 5.41) is 21.1. The van der Waals surface area contributed by atoms with Gasteiger partial charge in [-0.15, -0.1) is 0 Å². The zero-order valence-corrected chi connectivity index (χ0v) is 17.5. The number of carboxylic acids is 1. The Kier molecular flexibility index (Phi) is 5.97. The summed E-state index contributed by atoms with van der Waals surface area (Å²) < 4.78 is 0. The van der Waals surface area contributed by atoms with Crippen molar-refractivity contribution in [3.8, 4) is 0 Å². The maximum absolute atomic E-state index is 13.5. The van der Waals surface area contributed by atoms with E-state index in [9.17, 15) is 24.3 Å². The lowest BCUT2D eigenvalue weighted by molar-refractivity contribution is -0.162. The summed E-state index contributed by atoms with van der Waals surface area (Å²) in [6, 6.07) is 12.6. The molecule has 0 bridgehead atoms. The van der Waals surface area contributed by atoms with Gasteiger partial charge in [-0.2, -0.15) is 5.01 Å². The van der Waals surface area contributed by atoms with E-state index in [4.69, 9.17) is 11.1 Å². The normalized spacial score (nSPS) is 18.8. The molecule has 1 heterocycles. The van der Waals surface area contributed by atoms with Gasteiger partial charge in [-0.1, -0.05) is 54.6 Å². The number of hydrogen-bond donors (Lipinski definition) is 4. The van der Waals surface area contributed by atoms with Crippen LogP contribution in [-0.2, 0) is 19.9 Å². The Balaban J connectivity index is 2.04. The number of imide groups is 1. The number of aliphatic carboxylic acids is 1. The van der Waals surface area contributed by atoms with E-state index in [1.54, 1.807) is 54.6 Å². The molecule has 1 saturated heterocycles. The van der Waals surface area contributed by atoms with Crippen LogP contribution in [0.3, 0.4) is 0 Å². The summed E-state index contributed by atoms with van der Waals surface area (Å²) in [7, 11) is 0. The number of carbonyl (C=O) groups is 4. The first-order chi connectivity index (χ1) is 15.1. The fraction of sp³-hybridized carbons (Fsp3) is 0.227. The lowest BCUT2D eigenvalue weighted by Crippen LogP contribution is -2.52. The van der Waals surface area contributed by atoms with Crippen LogP contribution in [0.1, 0.15) is 43.0 Å². The minimum atomic E-state index is -1.51. The monoisotopic (exact) mass is 437 g/mol. The zero-order valence-electron chi connectivity index (χ0n) is 17.5. The first-order valence-corrected chi connectivity index (χ1v) is 9.74. The number of hydrogen-bond acceptors (Lipinski definition) is 5. The number of carbonyl (C=O) groups excluding carboxylic acids is 3. The van der Waals surface area contributed by atoms with E-state index >= 15 is 0 Å². The molecule has 0 radical (unpaired) electrons. The van der Waals surface area contributed by atoms with Gasteiger partial charge in [-0.05, 0) is 18.1 Å². The highest BCUT2D eigenvalue weighted by atomic mass is 16.4. The number of hydrazine groups is 1. The number of amides is 4. The number of carboxylic acid groups (broad SMARTS) is 1. The number of amidine groups is 1. The van der Waals surface area contributed by atoms with Crippen LogP contribution in [0.4, 0.5) is 4.79 Å². The van der Waals surface area contributed by atoms with Gasteiger partial charge in [0, 0.05) is 12.5 Å². The summed E-state index contributed by atoms with van der Waals surface area (Å²) in [5.74, 6) is -2.74. The second-order valence-corrected chi connectivity index (χ2v) is 7.55. The van der Waals surface area contributed by atoms with Crippen LogP contribution in [0.15, 0.2) is 54.6 Å². The third kappa shape index (κ3) is 4.02. The predicted molar refractivity (Wildman–Crippen MR) is 114 cm³/mol. The Morgan fingerprint density at radius 2 is 1.75 bits per heavy atom. The van der Waals surface area contributed by atoms with Gasteiger partial charge in [-0.3, -0.25) is 19.8 Å². The van der Waals surface area contributed by atoms with Gasteiger partial charge < -0.3 is 16.2 Å². The Bertz CT molecular complexity index is 1090. The maximum Gasteiger partial charge on any atom is 0.344 e. The van der Waals surface area contributed by atoms with E-state index in [1.807, 2.05) is 0 Å². The van der Waals surface area contributed by atoms with Crippen LogP contribution < -0.4 is 11.1 Å². The smallest absolute Gasteiger partial charge is 0.344 e. The van der Waals surface area contributed by atoms with E-state index in [0.717, 1.165) is 11.9 Å². The van der Waals surface area contributed by atoms with Crippen molar-refractivity contribution < 1.29 is 24.3 Å². The maximum atomic E-state index is 13.5. The summed E-state index contributed by atoms with van der Waals surface area (Å²) in [5.41, 5.74) is 5.29. The molecule has 1 aliphatic heterocycles. The van der Waals surface area contributed by atoms with Crippen molar-refractivity contribution >= 4 is 29.7 Å². The number of nitrogens with one attached hydrogen (secondary N) is 2. The van der Waals surface area contributed by atoms with Crippen molar-refractivity contribution in [3.63, 3.8) is 0 Å². The molecule has 2 atom stereocenters. The van der Waals surface area contributed by atoms with Gasteiger partial charge >= 0.3 is 12.0 Å². The number of rotatable bonds is 7. The molecular weight excluding hydrogens is 414 g/mol. The van der Waals surface area contributed by atoms with Crippen LogP contribution in [0.5, 0.6) is 0 Å². The topological polar surface area (TPSA) is 157 Å². The van der Waals surface area contributed by atoms with Gasteiger partial charge in [0.2, 0.25) is 5.91 Å². The van der Waals surface area contributed by atoms with Gasteiger partial charge in [0.1, 0.15) is 11.4 Å². The van der Waals surface area contributed by atoms with E-state index in [-0.39, 0.29) is 5.84 Å². The molecule has 10 nitrogen and oxygen atoms in total. The minimum Gasteiger partial charge on any atom is -0.481 e. The molecule has 5 N–H and O–H groups in total. The van der Waals surface area contributed by atoms with Gasteiger partial charge in [-0.25, -0.2) is 9.80 Å². The van der Waals surface area contributed by atoms with Crippen molar-refractivity contribution in [2.24, 2.45) is 5.73 Å². The van der Waals surface area contributed by atoms with Crippen LogP contribution in [0.2, 0.25) is 0 Å². The Hall–Kier alpha value is -4.21. The minimum absolute atomic E-state index is 0.146. The van der Waals surface area contributed by atoms with Gasteiger partial charge in [0.15, 0.2) is 0 Å². The average Bonchev–Trinajstić information content (AvgIpc) is 2.97. The molecule has 0 aliphatic carbocycles. The average molecular weight is 437 g/mol. The number of nitrogen functional groups attached to an aromatic ring is 1. The first kappa shape index (κ1) is 22.5. The molecule has 4 amide bonds. The van der Waals surface area contributed by atoms with Crippen molar-refractivity contribution in [1.29, 1.82) is 5.41 Å². The fourth-order valence-corrected chi connectivity index (χ4v) is 3.68. The summed E-state index contributed by atoms with van der Waals surface area (Å²) in [6.07, 6.45) is -0.509. The number of nitrogens with two attached hydrogens (primary N) is 1. The molecule has 1 fully saturated rings. The molecule has 3 rings (SSSR count). The summed E-state index contributed by atoms with van der Waals surface area (Å²) >= 11 is 0. The highest BCUT2D eigenvalue weighted by Crippen LogP contribution is 2.34. The number of urea groups is 1. The van der Waals surface area contributed by atoms with Crippen LogP contribution >= 0.6 is 0 Å². The molecule has 0 spiro atoms. The third-order valence-electron chi connectivity index (χ3n) is 5.33. The SMILES string of the molecule is CC(=O)N([C@@H](CC(=O)O)c1ccccc1)N1C(=O)N[C@@](C)(c2ccc(C(=N)N)cc2)C1=O. The fourth-order valence-electron chi connectivity index (χ4n) is 3.68. The predicted octanol–water partition coefficient (Wildman–Crippen LogP) is 1.72. The van der Waals surface area contributed by atoms with E-state index < -0.39 is 41.8 Å². The van der Waals surface area contributed by atoms with Crippen LogP contribution in [0, 0.1) is 5.41 Å². The summed E-state index contributed by atoms with van der Waals surface area (Å²) in [4.78, 5) is 50.5. The standard InChI is InChI=1S/C22H23N5O5/c1-13(28)26(17(12-18(29)30)14-6-4-3-5-7-14)27-20(31)22(2,25-21(27)32)16-10-8-15(9-11-16)19(23)24/h3-11,17H,12H2,1-2H3,(H3,23,24)(H,25,32)(H,29,30)/t17-,22-/m0/s1. The molecule has 32 heavy (non-hydrogen) atoms. The lowest BCUT2D eigenvalue weighted by Gasteiger charge is -2.35. The van der Waals surface area contributed by atoms with Crippen molar-refractivity contribution in [1.82, 2.24) is 15.3 Å². The molecule has 0 saturated carbocycles. The molecule has 10 heteroatoms. The molecule has 2 aromatic carbocycles. The quantitative estimate of drug-likeness (QED) is 0.293. The van der Waals surface area contributed by atoms with Crippen molar-refractivity contribution in [3.05, 3.63) is 71.3 Å². The third-order valence-corrected chi connectivity index (χ3v) is 5.33. The van der Waals surface area contributed by atoms with E-state index in [2.05, 4.69) is 5.32 Å².